The Balaban J connectivity index is 2.75. The highest BCUT2D eigenvalue weighted by Gasteiger charge is 2.31. The van der Waals surface area contributed by atoms with Crippen LogP contribution in [0.25, 0.3) is 11.1 Å². The summed E-state index contributed by atoms with van der Waals surface area (Å²) in [5.74, 6) is -8.73. The van der Waals surface area contributed by atoms with Crippen LogP contribution in [-0.4, -0.2) is 12.6 Å². The zero-order valence-electron chi connectivity index (χ0n) is 11.5. The second-order valence-electron chi connectivity index (χ2n) is 4.35. The average molecular weight is 367 g/mol. The molecule has 2 aromatic rings. The quantitative estimate of drug-likeness (QED) is 0.413. The zero-order valence-corrected chi connectivity index (χ0v) is 13.0. The molecule has 0 unspecified atom stereocenters. The largest absolute Gasteiger partial charge is 0.462 e. The van der Waals surface area contributed by atoms with Gasteiger partial charge in [0, 0.05) is 10.6 Å². The van der Waals surface area contributed by atoms with E-state index in [1.165, 1.54) is 13.0 Å². The highest BCUT2D eigenvalue weighted by Crippen LogP contribution is 2.37. The van der Waals surface area contributed by atoms with E-state index in [0.717, 1.165) is 12.1 Å². The summed E-state index contributed by atoms with van der Waals surface area (Å²) in [4.78, 5) is 11.5. The summed E-state index contributed by atoms with van der Waals surface area (Å²) in [6.45, 7) is 1.16. The van der Waals surface area contributed by atoms with Crippen LogP contribution in [0.3, 0.4) is 0 Å². The van der Waals surface area contributed by atoms with Crippen LogP contribution in [0.1, 0.15) is 17.3 Å². The average Bonchev–Trinajstić information content (AvgIpc) is 2.48. The number of carbonyl (C=O) groups is 1. The Morgan fingerprint density at radius 3 is 2.09 bits per heavy atom. The Morgan fingerprint density at radius 2 is 1.61 bits per heavy atom. The molecule has 0 spiro atoms. The third kappa shape index (κ3) is 3.14. The molecule has 0 heterocycles. The van der Waals surface area contributed by atoms with E-state index in [2.05, 4.69) is 4.74 Å². The van der Waals surface area contributed by atoms with Crippen molar-refractivity contribution in [2.75, 3.05) is 6.61 Å². The van der Waals surface area contributed by atoms with Gasteiger partial charge >= 0.3 is 5.97 Å². The second kappa shape index (κ2) is 6.76. The van der Waals surface area contributed by atoms with Crippen LogP contribution in [0.15, 0.2) is 18.2 Å². The van der Waals surface area contributed by atoms with Gasteiger partial charge in [-0.3, -0.25) is 0 Å². The van der Waals surface area contributed by atoms with Gasteiger partial charge in [0.15, 0.2) is 23.3 Å². The third-order valence-corrected chi connectivity index (χ3v) is 3.49. The van der Waals surface area contributed by atoms with Crippen molar-refractivity contribution in [1.29, 1.82) is 0 Å². The lowest BCUT2D eigenvalue weighted by atomic mass is 10.0. The van der Waals surface area contributed by atoms with E-state index in [-0.39, 0.29) is 22.2 Å². The maximum absolute atomic E-state index is 14.2. The third-order valence-electron chi connectivity index (χ3n) is 2.94. The highest BCUT2D eigenvalue weighted by molar-refractivity contribution is 6.36. The maximum atomic E-state index is 14.2. The van der Waals surface area contributed by atoms with Gasteiger partial charge in [-0.2, -0.15) is 0 Å². The van der Waals surface area contributed by atoms with Crippen LogP contribution in [-0.2, 0) is 4.74 Å². The number of hydrogen-bond acceptors (Lipinski definition) is 2. The number of carbonyl (C=O) groups excluding carboxylic acids is 1. The van der Waals surface area contributed by atoms with Crippen molar-refractivity contribution in [2.24, 2.45) is 0 Å². The van der Waals surface area contributed by atoms with Crippen LogP contribution in [0.4, 0.5) is 17.6 Å². The number of rotatable bonds is 3. The molecule has 0 atom stereocenters. The molecule has 2 aromatic carbocycles. The van der Waals surface area contributed by atoms with Gasteiger partial charge in [0.2, 0.25) is 0 Å². The topological polar surface area (TPSA) is 26.3 Å². The predicted octanol–water partition coefficient (Wildman–Crippen LogP) is 5.39. The fraction of sp³-hybridized carbons (Fsp3) is 0.133. The number of esters is 1. The summed E-state index contributed by atoms with van der Waals surface area (Å²) in [7, 11) is 0. The molecule has 8 heteroatoms. The molecular formula is C15H8Cl2F4O2. The fourth-order valence-corrected chi connectivity index (χ4v) is 2.45. The van der Waals surface area contributed by atoms with Gasteiger partial charge in [-0.15, -0.1) is 0 Å². The molecule has 0 N–H and O–H groups in total. The SMILES string of the molecule is CCOC(=O)c1c(F)c(F)c(-c2ccc(Cl)cc2Cl)c(F)c1F. The molecule has 122 valence electrons. The first-order chi connectivity index (χ1) is 10.8. The van der Waals surface area contributed by atoms with Crippen LogP contribution in [0.5, 0.6) is 0 Å². The van der Waals surface area contributed by atoms with Crippen LogP contribution < -0.4 is 0 Å². The van der Waals surface area contributed by atoms with Crippen molar-refractivity contribution < 1.29 is 27.1 Å². The first kappa shape index (κ1) is 17.6. The molecule has 0 aliphatic rings. The zero-order chi connectivity index (χ0) is 17.3. The Hall–Kier alpha value is -1.79. The van der Waals surface area contributed by atoms with Gasteiger partial charge < -0.3 is 4.74 Å². The lowest BCUT2D eigenvalue weighted by Crippen LogP contribution is -2.14. The highest BCUT2D eigenvalue weighted by atomic mass is 35.5. The van der Waals surface area contributed by atoms with E-state index < -0.39 is 40.4 Å². The molecule has 0 bridgehead atoms. The minimum Gasteiger partial charge on any atom is -0.462 e. The van der Waals surface area contributed by atoms with E-state index in [9.17, 15) is 22.4 Å². The van der Waals surface area contributed by atoms with Gasteiger partial charge in [-0.25, -0.2) is 22.4 Å². The normalized spacial score (nSPS) is 10.7. The molecule has 0 fully saturated rings. The Kier molecular flexibility index (Phi) is 5.16. The van der Waals surface area contributed by atoms with Crippen molar-refractivity contribution in [1.82, 2.24) is 0 Å². The van der Waals surface area contributed by atoms with E-state index in [1.54, 1.807) is 0 Å². The predicted molar refractivity (Wildman–Crippen MR) is 77.7 cm³/mol. The standard InChI is InChI=1S/C15H8Cl2F4O2/c1-2-23-15(22)10-13(20)11(18)9(12(19)14(10)21)7-4-3-6(16)5-8(7)17/h3-5H,2H2,1H3. The lowest BCUT2D eigenvalue weighted by molar-refractivity contribution is 0.0512. The van der Waals surface area contributed by atoms with E-state index in [0.29, 0.717) is 0 Å². The smallest absolute Gasteiger partial charge is 0.344 e. The number of ether oxygens (including phenoxy) is 1. The summed E-state index contributed by atoms with van der Waals surface area (Å²) in [5.41, 5.74) is -2.77. The minimum absolute atomic E-state index is 0.170. The molecule has 0 radical (unpaired) electrons. The number of benzene rings is 2. The molecular weight excluding hydrogens is 359 g/mol. The summed E-state index contributed by atoms with van der Waals surface area (Å²) < 4.78 is 60.8. The monoisotopic (exact) mass is 366 g/mol. The fourth-order valence-electron chi connectivity index (χ4n) is 1.94. The molecule has 0 aromatic heterocycles. The molecule has 23 heavy (non-hydrogen) atoms. The summed E-state index contributed by atoms with van der Waals surface area (Å²) in [6.07, 6.45) is 0. The van der Waals surface area contributed by atoms with Crippen LogP contribution in [0.2, 0.25) is 10.0 Å². The molecule has 0 saturated heterocycles. The van der Waals surface area contributed by atoms with Crippen molar-refractivity contribution in [3.8, 4) is 11.1 Å². The maximum Gasteiger partial charge on any atom is 0.344 e. The van der Waals surface area contributed by atoms with Crippen molar-refractivity contribution >= 4 is 29.2 Å². The van der Waals surface area contributed by atoms with Gasteiger partial charge in [0.1, 0.15) is 5.56 Å². The summed E-state index contributed by atoms with van der Waals surface area (Å²) in [5, 5.41) is -0.0401. The summed E-state index contributed by atoms with van der Waals surface area (Å²) in [6, 6.07) is 3.51. The van der Waals surface area contributed by atoms with Gasteiger partial charge in [0.25, 0.3) is 0 Å². The van der Waals surface area contributed by atoms with Crippen LogP contribution >= 0.6 is 23.2 Å². The Morgan fingerprint density at radius 1 is 1.04 bits per heavy atom. The van der Waals surface area contributed by atoms with Crippen molar-refractivity contribution in [3.05, 3.63) is 57.1 Å². The second-order valence-corrected chi connectivity index (χ2v) is 5.19. The van der Waals surface area contributed by atoms with E-state index in [4.69, 9.17) is 23.2 Å². The molecule has 0 aliphatic heterocycles. The first-order valence-electron chi connectivity index (χ1n) is 6.28. The summed E-state index contributed by atoms with van der Waals surface area (Å²) >= 11 is 11.5. The number of halogens is 6. The van der Waals surface area contributed by atoms with Gasteiger partial charge in [-0.1, -0.05) is 29.3 Å². The molecule has 2 nitrogen and oxygen atoms in total. The lowest BCUT2D eigenvalue weighted by Gasteiger charge is -2.12. The van der Waals surface area contributed by atoms with Gasteiger partial charge in [-0.05, 0) is 19.1 Å². The van der Waals surface area contributed by atoms with Crippen molar-refractivity contribution in [2.45, 2.75) is 6.92 Å². The number of hydrogen-bond donors (Lipinski definition) is 0. The molecule has 0 saturated carbocycles. The van der Waals surface area contributed by atoms with Gasteiger partial charge in [0.05, 0.1) is 17.2 Å². The molecule has 0 amide bonds. The molecule has 2 rings (SSSR count). The molecule has 0 aliphatic carbocycles. The first-order valence-corrected chi connectivity index (χ1v) is 7.03. The van der Waals surface area contributed by atoms with Crippen molar-refractivity contribution in [3.63, 3.8) is 0 Å². The van der Waals surface area contributed by atoms with E-state index >= 15 is 0 Å². The Bertz CT molecular complexity index is 765. The van der Waals surface area contributed by atoms with E-state index in [1.807, 2.05) is 0 Å². The van der Waals surface area contributed by atoms with Crippen LogP contribution in [0, 0.1) is 23.3 Å². The Labute approximate surface area is 138 Å². The minimum atomic E-state index is -1.86.